The number of carbonyl (C=O) groups is 1. The van der Waals surface area contributed by atoms with Gasteiger partial charge in [0.2, 0.25) is 5.91 Å². The Morgan fingerprint density at radius 3 is 2.53 bits per heavy atom. The molecule has 2 aromatic carbocycles. The van der Waals surface area contributed by atoms with E-state index >= 15 is 0 Å². The fraction of sp³-hybridized carbons (Fsp3) is 0.133. The fourth-order valence-corrected chi connectivity index (χ4v) is 1.90. The van der Waals surface area contributed by atoms with Crippen molar-refractivity contribution < 1.29 is 9.90 Å². The van der Waals surface area contributed by atoms with Crippen LogP contribution in [-0.2, 0) is 11.2 Å². The largest absolute Gasteiger partial charge is 0.508 e. The van der Waals surface area contributed by atoms with Gasteiger partial charge in [0.1, 0.15) is 5.75 Å². The van der Waals surface area contributed by atoms with Gasteiger partial charge in [-0.3, -0.25) is 4.79 Å². The molecule has 0 bridgehead atoms. The van der Waals surface area contributed by atoms with Crippen molar-refractivity contribution >= 4 is 23.2 Å². The average molecular weight is 276 g/mol. The predicted octanol–water partition coefficient (Wildman–Crippen LogP) is 3.54. The van der Waals surface area contributed by atoms with Gasteiger partial charge in [0.15, 0.2) is 0 Å². The molecule has 19 heavy (non-hydrogen) atoms. The lowest BCUT2D eigenvalue weighted by Gasteiger charge is -2.08. The number of hydrogen-bond donors (Lipinski definition) is 2. The second kappa shape index (κ2) is 5.76. The first kappa shape index (κ1) is 13.4. The van der Waals surface area contributed by atoms with Gasteiger partial charge in [-0.2, -0.15) is 0 Å². The van der Waals surface area contributed by atoms with E-state index in [0.29, 0.717) is 10.7 Å². The minimum atomic E-state index is -0.101. The SMILES string of the molecule is Cc1cc(O)ccc1NC(=O)Cc1ccc(Cl)cc1. The van der Waals surface area contributed by atoms with Crippen molar-refractivity contribution in [2.45, 2.75) is 13.3 Å². The van der Waals surface area contributed by atoms with Crippen LogP contribution < -0.4 is 5.32 Å². The molecule has 0 aliphatic carbocycles. The molecule has 0 saturated heterocycles. The van der Waals surface area contributed by atoms with Crippen molar-refractivity contribution in [1.29, 1.82) is 0 Å². The van der Waals surface area contributed by atoms with Crippen molar-refractivity contribution in [3.63, 3.8) is 0 Å². The standard InChI is InChI=1S/C15H14ClNO2/c1-10-8-13(18)6-7-14(10)17-15(19)9-11-2-4-12(16)5-3-11/h2-8,18H,9H2,1H3,(H,17,19). The van der Waals surface area contributed by atoms with Crippen LogP contribution in [0.5, 0.6) is 5.75 Å². The molecule has 2 rings (SSSR count). The molecule has 2 N–H and O–H groups in total. The van der Waals surface area contributed by atoms with E-state index in [0.717, 1.165) is 11.1 Å². The summed E-state index contributed by atoms with van der Waals surface area (Å²) in [6.45, 7) is 1.83. The van der Waals surface area contributed by atoms with Crippen LogP contribution >= 0.6 is 11.6 Å². The number of rotatable bonds is 3. The van der Waals surface area contributed by atoms with Crippen LogP contribution in [0.25, 0.3) is 0 Å². The third-order valence-electron chi connectivity index (χ3n) is 2.76. The molecule has 0 aliphatic rings. The predicted molar refractivity (Wildman–Crippen MR) is 76.6 cm³/mol. The third-order valence-corrected chi connectivity index (χ3v) is 3.01. The first-order valence-corrected chi connectivity index (χ1v) is 6.26. The molecule has 0 aliphatic heterocycles. The molecule has 0 aromatic heterocycles. The van der Waals surface area contributed by atoms with E-state index in [2.05, 4.69) is 5.32 Å². The molecule has 0 saturated carbocycles. The summed E-state index contributed by atoms with van der Waals surface area (Å²) in [6, 6.07) is 12.0. The molecule has 0 fully saturated rings. The highest BCUT2D eigenvalue weighted by Gasteiger charge is 2.06. The fourth-order valence-electron chi connectivity index (χ4n) is 1.77. The molecule has 0 heterocycles. The second-order valence-electron chi connectivity index (χ2n) is 4.35. The molecular formula is C15H14ClNO2. The summed E-state index contributed by atoms with van der Waals surface area (Å²) in [5, 5.41) is 12.8. The summed E-state index contributed by atoms with van der Waals surface area (Å²) in [7, 11) is 0. The van der Waals surface area contributed by atoms with Crippen LogP contribution in [0.4, 0.5) is 5.69 Å². The topological polar surface area (TPSA) is 49.3 Å². The average Bonchev–Trinajstić information content (AvgIpc) is 2.36. The van der Waals surface area contributed by atoms with Crippen LogP contribution in [0.1, 0.15) is 11.1 Å². The Hall–Kier alpha value is -2.00. The summed E-state index contributed by atoms with van der Waals surface area (Å²) >= 11 is 5.79. The summed E-state index contributed by atoms with van der Waals surface area (Å²) in [6.07, 6.45) is 0.289. The number of phenols is 1. The number of hydrogen-bond acceptors (Lipinski definition) is 2. The van der Waals surface area contributed by atoms with Gasteiger partial charge in [0.25, 0.3) is 0 Å². The van der Waals surface area contributed by atoms with E-state index in [1.165, 1.54) is 0 Å². The number of benzene rings is 2. The number of amides is 1. The molecule has 1 amide bonds. The molecular weight excluding hydrogens is 262 g/mol. The van der Waals surface area contributed by atoms with Crippen molar-refractivity contribution in [2.24, 2.45) is 0 Å². The number of anilines is 1. The zero-order valence-electron chi connectivity index (χ0n) is 10.5. The van der Waals surface area contributed by atoms with Gasteiger partial charge in [-0.25, -0.2) is 0 Å². The van der Waals surface area contributed by atoms with E-state index in [1.807, 2.05) is 19.1 Å². The molecule has 0 atom stereocenters. The van der Waals surface area contributed by atoms with E-state index < -0.39 is 0 Å². The second-order valence-corrected chi connectivity index (χ2v) is 4.79. The monoisotopic (exact) mass is 275 g/mol. The molecule has 3 nitrogen and oxygen atoms in total. The molecule has 2 aromatic rings. The van der Waals surface area contributed by atoms with Gasteiger partial charge in [0, 0.05) is 10.7 Å². The Morgan fingerprint density at radius 2 is 1.89 bits per heavy atom. The van der Waals surface area contributed by atoms with Crippen LogP contribution in [0, 0.1) is 6.92 Å². The highest BCUT2D eigenvalue weighted by atomic mass is 35.5. The van der Waals surface area contributed by atoms with Gasteiger partial charge >= 0.3 is 0 Å². The van der Waals surface area contributed by atoms with Gasteiger partial charge in [-0.15, -0.1) is 0 Å². The normalized spacial score (nSPS) is 10.2. The smallest absolute Gasteiger partial charge is 0.228 e. The van der Waals surface area contributed by atoms with Gasteiger partial charge in [-0.05, 0) is 48.4 Å². The van der Waals surface area contributed by atoms with Crippen LogP contribution in [0.2, 0.25) is 5.02 Å². The lowest BCUT2D eigenvalue weighted by Crippen LogP contribution is -2.15. The maximum atomic E-state index is 11.9. The van der Waals surface area contributed by atoms with Crippen molar-refractivity contribution in [3.8, 4) is 5.75 Å². The van der Waals surface area contributed by atoms with E-state index in [4.69, 9.17) is 11.6 Å². The van der Waals surface area contributed by atoms with Crippen molar-refractivity contribution in [2.75, 3.05) is 5.32 Å². The molecule has 0 spiro atoms. The highest BCUT2D eigenvalue weighted by Crippen LogP contribution is 2.20. The number of aromatic hydroxyl groups is 1. The van der Waals surface area contributed by atoms with Gasteiger partial charge in [0.05, 0.1) is 6.42 Å². The van der Waals surface area contributed by atoms with Crippen molar-refractivity contribution in [3.05, 3.63) is 58.6 Å². The number of nitrogens with one attached hydrogen (secondary N) is 1. The van der Waals surface area contributed by atoms with Gasteiger partial charge < -0.3 is 10.4 Å². The minimum absolute atomic E-state index is 0.101. The first-order valence-electron chi connectivity index (χ1n) is 5.88. The third kappa shape index (κ3) is 3.73. The van der Waals surface area contributed by atoms with Crippen LogP contribution in [0.15, 0.2) is 42.5 Å². The summed E-state index contributed by atoms with van der Waals surface area (Å²) in [5.41, 5.74) is 2.43. The zero-order chi connectivity index (χ0) is 13.8. The quantitative estimate of drug-likeness (QED) is 0.842. The molecule has 0 unspecified atom stereocenters. The summed E-state index contributed by atoms with van der Waals surface area (Å²) < 4.78 is 0. The summed E-state index contributed by atoms with van der Waals surface area (Å²) in [4.78, 5) is 11.9. The number of carbonyl (C=O) groups excluding carboxylic acids is 1. The Labute approximate surface area is 116 Å². The maximum absolute atomic E-state index is 11.9. The van der Waals surface area contributed by atoms with E-state index in [-0.39, 0.29) is 18.1 Å². The van der Waals surface area contributed by atoms with E-state index in [9.17, 15) is 9.90 Å². The minimum Gasteiger partial charge on any atom is -0.508 e. The number of phenolic OH excluding ortho intramolecular Hbond substituents is 1. The molecule has 0 radical (unpaired) electrons. The zero-order valence-corrected chi connectivity index (χ0v) is 11.2. The lowest BCUT2D eigenvalue weighted by atomic mass is 10.1. The Kier molecular flexibility index (Phi) is 4.07. The Bertz CT molecular complexity index is 594. The van der Waals surface area contributed by atoms with Gasteiger partial charge in [-0.1, -0.05) is 23.7 Å². The molecule has 98 valence electrons. The van der Waals surface area contributed by atoms with Crippen LogP contribution in [-0.4, -0.2) is 11.0 Å². The Balaban J connectivity index is 2.03. The first-order chi connectivity index (χ1) is 9.04. The highest BCUT2D eigenvalue weighted by molar-refractivity contribution is 6.30. The number of aryl methyl sites for hydroxylation is 1. The number of halogens is 1. The Morgan fingerprint density at radius 1 is 1.21 bits per heavy atom. The van der Waals surface area contributed by atoms with E-state index in [1.54, 1.807) is 30.3 Å². The van der Waals surface area contributed by atoms with Crippen molar-refractivity contribution in [1.82, 2.24) is 0 Å². The van der Waals surface area contributed by atoms with Crippen LogP contribution in [0.3, 0.4) is 0 Å². The molecule has 4 heteroatoms. The maximum Gasteiger partial charge on any atom is 0.228 e. The lowest BCUT2D eigenvalue weighted by molar-refractivity contribution is -0.115. The summed E-state index contributed by atoms with van der Waals surface area (Å²) in [5.74, 6) is 0.0873.